The number of hydrogen-bond donors (Lipinski definition) is 0. The topological polar surface area (TPSA) is 0 Å². The van der Waals surface area contributed by atoms with Crippen molar-refractivity contribution in [1.82, 2.24) is 0 Å². The maximum Gasteiger partial charge on any atom is 0.0434 e. The number of thiophene rings is 1. The van der Waals surface area contributed by atoms with Gasteiger partial charge in [0, 0.05) is 25.7 Å². The highest BCUT2D eigenvalue weighted by molar-refractivity contribution is 7.26. The standard InChI is InChI=1S/C52H38S/c1-3-17-33(18-4-1)47-35-21-7-11-25-39(35)49(40-26-12-8-22-36(40)47)43-29-16-32-46-51(43)45-31-15-30-44(52(45)53-46)50-41-27-13-9-23-37(41)48(34-19-5-2-6-20-34)38-24-10-14-28-42(38)50/h1,3-4,7-18,21-32,34H,2,5-6,19-20H2. The average molecular weight is 695 g/mol. The van der Waals surface area contributed by atoms with E-state index in [1.54, 1.807) is 5.56 Å². The van der Waals surface area contributed by atoms with E-state index in [4.69, 9.17) is 0 Å². The van der Waals surface area contributed by atoms with Gasteiger partial charge in [0.1, 0.15) is 0 Å². The molecule has 0 N–H and O–H groups in total. The van der Waals surface area contributed by atoms with Gasteiger partial charge in [-0.05, 0) is 101 Å². The Bertz CT molecular complexity index is 2920. The summed E-state index contributed by atoms with van der Waals surface area (Å²) in [7, 11) is 0. The molecule has 0 radical (unpaired) electrons. The van der Waals surface area contributed by atoms with Gasteiger partial charge in [-0.2, -0.15) is 0 Å². The summed E-state index contributed by atoms with van der Waals surface area (Å²) in [5.41, 5.74) is 9.47. The molecule has 11 rings (SSSR count). The zero-order chi connectivity index (χ0) is 34.9. The van der Waals surface area contributed by atoms with E-state index in [0.29, 0.717) is 5.92 Å². The zero-order valence-corrected chi connectivity index (χ0v) is 30.4. The number of hydrogen-bond acceptors (Lipinski definition) is 1. The summed E-state index contributed by atoms with van der Waals surface area (Å²) < 4.78 is 2.70. The second-order valence-corrected chi connectivity index (χ2v) is 15.9. The lowest BCUT2D eigenvalue weighted by Crippen LogP contribution is -2.06. The van der Waals surface area contributed by atoms with Gasteiger partial charge >= 0.3 is 0 Å². The van der Waals surface area contributed by atoms with Crippen molar-refractivity contribution in [1.29, 1.82) is 0 Å². The van der Waals surface area contributed by atoms with Gasteiger partial charge in [0.2, 0.25) is 0 Å². The van der Waals surface area contributed by atoms with Crippen molar-refractivity contribution >= 4 is 74.6 Å². The maximum absolute atomic E-state index is 2.40. The van der Waals surface area contributed by atoms with Crippen molar-refractivity contribution in [3.63, 3.8) is 0 Å². The Labute approximate surface area is 314 Å². The van der Waals surface area contributed by atoms with Crippen LogP contribution < -0.4 is 0 Å². The Morgan fingerprint density at radius 1 is 0.358 bits per heavy atom. The normalized spacial score (nSPS) is 14.0. The fourth-order valence-electron chi connectivity index (χ4n) is 9.87. The summed E-state index contributed by atoms with van der Waals surface area (Å²) >= 11 is 1.95. The van der Waals surface area contributed by atoms with Crippen LogP contribution in [0.2, 0.25) is 0 Å². The van der Waals surface area contributed by atoms with Crippen LogP contribution in [0.3, 0.4) is 0 Å². The molecule has 0 aliphatic heterocycles. The van der Waals surface area contributed by atoms with Crippen LogP contribution in [0.15, 0.2) is 164 Å². The van der Waals surface area contributed by atoms with Gasteiger partial charge < -0.3 is 0 Å². The van der Waals surface area contributed by atoms with E-state index in [0.717, 1.165) is 0 Å². The SMILES string of the molecule is c1ccc(-c2c3ccccc3c(-c3cccc4sc5c(-c6c7ccccc7c(C7CCCCC7)c7ccccc67)cccc5c34)c3ccccc23)cc1. The molecule has 10 aromatic rings. The molecule has 1 saturated carbocycles. The second kappa shape index (κ2) is 12.4. The third-order valence-corrected chi connectivity index (χ3v) is 13.2. The fraction of sp³-hybridized carbons (Fsp3) is 0.115. The Balaban J connectivity index is 1.22. The van der Waals surface area contributed by atoms with Crippen LogP contribution in [0.1, 0.15) is 43.6 Å². The van der Waals surface area contributed by atoms with Crippen molar-refractivity contribution in [3.05, 3.63) is 169 Å². The smallest absolute Gasteiger partial charge is 0.0434 e. The fourth-order valence-corrected chi connectivity index (χ4v) is 11.1. The second-order valence-electron chi connectivity index (χ2n) is 14.9. The summed E-state index contributed by atoms with van der Waals surface area (Å²) in [6, 6.07) is 61.5. The largest absolute Gasteiger partial charge is 0.135 e. The van der Waals surface area contributed by atoms with Crippen LogP contribution in [-0.4, -0.2) is 0 Å². The minimum Gasteiger partial charge on any atom is -0.135 e. The summed E-state index contributed by atoms with van der Waals surface area (Å²) in [5.74, 6) is 0.619. The molecule has 0 nitrogen and oxygen atoms in total. The molecule has 9 aromatic carbocycles. The Morgan fingerprint density at radius 2 is 0.811 bits per heavy atom. The summed E-state index contributed by atoms with van der Waals surface area (Å²) in [6.07, 6.45) is 6.61. The molecule has 0 atom stereocenters. The van der Waals surface area contributed by atoms with Crippen LogP contribution in [0.5, 0.6) is 0 Å². The highest BCUT2D eigenvalue weighted by Crippen LogP contribution is 2.51. The first-order valence-corrected chi connectivity index (χ1v) is 20.0. The van der Waals surface area contributed by atoms with Crippen molar-refractivity contribution in [2.75, 3.05) is 0 Å². The van der Waals surface area contributed by atoms with Crippen LogP contribution in [-0.2, 0) is 0 Å². The van der Waals surface area contributed by atoms with Crippen molar-refractivity contribution in [3.8, 4) is 33.4 Å². The third-order valence-electron chi connectivity index (χ3n) is 12.0. The first-order valence-electron chi connectivity index (χ1n) is 19.2. The zero-order valence-electron chi connectivity index (χ0n) is 29.6. The minimum atomic E-state index is 0.619. The molecule has 1 heteroatoms. The minimum absolute atomic E-state index is 0.619. The van der Waals surface area contributed by atoms with Crippen LogP contribution in [0.25, 0.3) is 96.6 Å². The lowest BCUT2D eigenvalue weighted by molar-refractivity contribution is 0.447. The Kier molecular flexibility index (Phi) is 7.23. The average Bonchev–Trinajstić information content (AvgIpc) is 3.62. The third kappa shape index (κ3) is 4.74. The van der Waals surface area contributed by atoms with E-state index in [9.17, 15) is 0 Å². The van der Waals surface area contributed by atoms with Gasteiger partial charge in [-0.3, -0.25) is 0 Å². The van der Waals surface area contributed by atoms with Crippen LogP contribution in [0, 0.1) is 0 Å². The van der Waals surface area contributed by atoms with E-state index < -0.39 is 0 Å². The molecule has 1 aliphatic rings. The van der Waals surface area contributed by atoms with Gasteiger partial charge in [0.05, 0.1) is 0 Å². The van der Waals surface area contributed by atoms with E-state index >= 15 is 0 Å². The molecule has 1 aromatic heterocycles. The predicted molar refractivity (Wildman–Crippen MR) is 231 cm³/mol. The lowest BCUT2D eigenvalue weighted by atomic mass is 9.78. The van der Waals surface area contributed by atoms with Crippen molar-refractivity contribution in [2.45, 2.75) is 38.0 Å². The molecular formula is C52H38S. The lowest BCUT2D eigenvalue weighted by Gasteiger charge is -2.26. The molecule has 252 valence electrons. The van der Waals surface area contributed by atoms with Gasteiger partial charge in [0.15, 0.2) is 0 Å². The van der Waals surface area contributed by atoms with Gasteiger partial charge in [0.25, 0.3) is 0 Å². The molecule has 1 heterocycles. The molecule has 0 unspecified atom stereocenters. The van der Waals surface area contributed by atoms with Crippen molar-refractivity contribution < 1.29 is 0 Å². The van der Waals surface area contributed by atoms with Crippen molar-refractivity contribution in [2.24, 2.45) is 0 Å². The Hall–Kier alpha value is -5.76. The van der Waals surface area contributed by atoms with Gasteiger partial charge in [-0.25, -0.2) is 0 Å². The maximum atomic E-state index is 2.40. The van der Waals surface area contributed by atoms with E-state index in [2.05, 4.69) is 164 Å². The molecule has 53 heavy (non-hydrogen) atoms. The Morgan fingerprint density at radius 3 is 1.42 bits per heavy atom. The molecule has 0 saturated heterocycles. The highest BCUT2D eigenvalue weighted by Gasteiger charge is 2.25. The molecule has 1 fully saturated rings. The molecule has 0 spiro atoms. The molecule has 0 amide bonds. The summed E-state index contributed by atoms with van der Waals surface area (Å²) in [6.45, 7) is 0. The number of fused-ring (bicyclic) bond motifs is 7. The van der Waals surface area contributed by atoms with E-state index in [1.807, 2.05) is 11.3 Å². The summed E-state index contributed by atoms with van der Waals surface area (Å²) in [5, 5.41) is 13.5. The van der Waals surface area contributed by atoms with Crippen LogP contribution in [0.4, 0.5) is 0 Å². The monoisotopic (exact) mass is 694 g/mol. The van der Waals surface area contributed by atoms with Gasteiger partial charge in [-0.15, -0.1) is 11.3 Å². The molecular weight excluding hydrogens is 657 g/mol. The highest BCUT2D eigenvalue weighted by atomic mass is 32.1. The van der Waals surface area contributed by atoms with E-state index in [1.165, 1.54) is 129 Å². The predicted octanol–water partition coefficient (Wildman–Crippen LogP) is 15.7. The molecule has 0 bridgehead atoms. The quantitative estimate of drug-likeness (QED) is 0.161. The number of benzene rings is 9. The van der Waals surface area contributed by atoms with Gasteiger partial charge in [-0.1, -0.05) is 177 Å². The summed E-state index contributed by atoms with van der Waals surface area (Å²) in [4.78, 5) is 0. The van der Waals surface area contributed by atoms with E-state index in [-0.39, 0.29) is 0 Å². The number of rotatable bonds is 4. The van der Waals surface area contributed by atoms with Crippen LogP contribution >= 0.6 is 11.3 Å². The molecule has 1 aliphatic carbocycles. The first-order chi connectivity index (χ1) is 26.3. The first kappa shape index (κ1) is 30.8.